The van der Waals surface area contributed by atoms with Gasteiger partial charge in [-0.25, -0.2) is 0 Å². The summed E-state index contributed by atoms with van der Waals surface area (Å²) in [7, 11) is 0. The Hall–Kier alpha value is 0.0774. The van der Waals surface area contributed by atoms with E-state index in [9.17, 15) is 0 Å². The zero-order valence-corrected chi connectivity index (χ0v) is 7.34. The SMILES string of the molecule is CCCCCC[C]1C=CC=C1.[LiH]. The predicted octanol–water partition coefficient (Wildman–Crippen LogP) is 3.01. The fraction of sp³-hybridized carbons (Fsp3) is 0.545. The van der Waals surface area contributed by atoms with Crippen LogP contribution >= 0.6 is 0 Å². The zero-order valence-electron chi connectivity index (χ0n) is 7.34. The summed E-state index contributed by atoms with van der Waals surface area (Å²) in [4.78, 5) is 0. The average molecular weight is 157 g/mol. The number of unbranched alkanes of at least 4 members (excludes halogenated alkanes) is 3. The summed E-state index contributed by atoms with van der Waals surface area (Å²) < 4.78 is 0. The van der Waals surface area contributed by atoms with Crippen molar-refractivity contribution in [2.24, 2.45) is 0 Å². The Bertz CT molecular complexity index is 135. The van der Waals surface area contributed by atoms with Gasteiger partial charge in [-0.15, -0.1) is 0 Å². The fourth-order valence-electron chi connectivity index (χ4n) is 1.34. The van der Waals surface area contributed by atoms with Crippen LogP contribution in [0.3, 0.4) is 0 Å². The van der Waals surface area contributed by atoms with Crippen LogP contribution in [-0.4, -0.2) is 18.9 Å². The number of allylic oxidation sites excluding steroid dienone is 4. The van der Waals surface area contributed by atoms with E-state index in [1.807, 2.05) is 0 Å². The fourth-order valence-corrected chi connectivity index (χ4v) is 1.34. The molecular weight excluding hydrogens is 139 g/mol. The average Bonchev–Trinajstić information content (AvgIpc) is 2.50. The van der Waals surface area contributed by atoms with Crippen LogP contribution in [0.1, 0.15) is 39.0 Å². The molecule has 1 aliphatic carbocycles. The molecule has 0 fully saturated rings. The first kappa shape index (κ1) is 12.1. The molecule has 0 heterocycles. The summed E-state index contributed by atoms with van der Waals surface area (Å²) in [6.07, 6.45) is 15.4. The number of rotatable bonds is 5. The molecule has 0 saturated heterocycles. The maximum absolute atomic E-state index is 2.25. The van der Waals surface area contributed by atoms with Gasteiger partial charge in [0.05, 0.1) is 0 Å². The standard InChI is InChI=1S/C11H17.Li.H/c1-2-3-4-5-8-11-9-6-7-10-11;;/h6-7,9-10H,2-5,8H2,1H3;;. The second kappa shape index (κ2) is 7.71. The summed E-state index contributed by atoms with van der Waals surface area (Å²) in [5.74, 6) is 1.50. The molecule has 0 bridgehead atoms. The van der Waals surface area contributed by atoms with Gasteiger partial charge < -0.3 is 0 Å². The molecule has 0 aliphatic heterocycles. The minimum absolute atomic E-state index is 0. The van der Waals surface area contributed by atoms with Gasteiger partial charge in [-0.3, -0.25) is 0 Å². The Morgan fingerprint density at radius 3 is 2.25 bits per heavy atom. The molecule has 0 atom stereocenters. The van der Waals surface area contributed by atoms with Crippen molar-refractivity contribution in [3.63, 3.8) is 0 Å². The van der Waals surface area contributed by atoms with Gasteiger partial charge in [-0.05, 0) is 6.42 Å². The van der Waals surface area contributed by atoms with Crippen LogP contribution in [0, 0.1) is 5.92 Å². The van der Waals surface area contributed by atoms with Gasteiger partial charge in [0, 0.05) is 5.92 Å². The quantitative estimate of drug-likeness (QED) is 0.425. The van der Waals surface area contributed by atoms with Gasteiger partial charge in [0.15, 0.2) is 0 Å². The summed E-state index contributed by atoms with van der Waals surface area (Å²) in [5, 5.41) is 0. The van der Waals surface area contributed by atoms with Gasteiger partial charge in [0.2, 0.25) is 0 Å². The molecule has 1 radical (unpaired) electrons. The van der Waals surface area contributed by atoms with Gasteiger partial charge in [-0.2, -0.15) is 0 Å². The Morgan fingerprint density at radius 1 is 1.00 bits per heavy atom. The van der Waals surface area contributed by atoms with Crippen molar-refractivity contribution < 1.29 is 0 Å². The molecule has 1 heteroatoms. The molecule has 0 amide bonds. The van der Waals surface area contributed by atoms with E-state index in [2.05, 4.69) is 31.2 Å². The van der Waals surface area contributed by atoms with Crippen LogP contribution in [-0.2, 0) is 0 Å². The summed E-state index contributed by atoms with van der Waals surface area (Å²) >= 11 is 0. The van der Waals surface area contributed by atoms with Crippen molar-refractivity contribution in [3.05, 3.63) is 30.2 Å². The molecule has 0 aromatic carbocycles. The first-order valence-corrected chi connectivity index (χ1v) is 4.64. The van der Waals surface area contributed by atoms with E-state index in [4.69, 9.17) is 0 Å². The maximum atomic E-state index is 2.25. The normalized spacial score (nSPS) is 15.1. The molecule has 1 rings (SSSR count). The molecule has 0 nitrogen and oxygen atoms in total. The monoisotopic (exact) mass is 157 g/mol. The molecule has 1 aliphatic rings. The van der Waals surface area contributed by atoms with Crippen molar-refractivity contribution in [2.75, 3.05) is 0 Å². The van der Waals surface area contributed by atoms with Crippen LogP contribution in [0.15, 0.2) is 24.3 Å². The minimum atomic E-state index is 0. The van der Waals surface area contributed by atoms with E-state index in [1.165, 1.54) is 38.0 Å². The van der Waals surface area contributed by atoms with Crippen LogP contribution in [0.4, 0.5) is 0 Å². The second-order valence-electron chi connectivity index (χ2n) is 3.10. The van der Waals surface area contributed by atoms with Gasteiger partial charge >= 0.3 is 18.9 Å². The van der Waals surface area contributed by atoms with Crippen LogP contribution in [0.25, 0.3) is 0 Å². The van der Waals surface area contributed by atoms with Crippen molar-refractivity contribution in [1.29, 1.82) is 0 Å². The summed E-state index contributed by atoms with van der Waals surface area (Å²) in [6, 6.07) is 0. The molecule has 12 heavy (non-hydrogen) atoms. The third-order valence-electron chi connectivity index (χ3n) is 2.05. The Kier molecular flexibility index (Phi) is 7.76. The van der Waals surface area contributed by atoms with E-state index in [0.717, 1.165) is 0 Å². The Balaban J connectivity index is 0.00000121. The molecule has 0 spiro atoms. The Morgan fingerprint density at radius 2 is 1.67 bits per heavy atom. The van der Waals surface area contributed by atoms with E-state index in [-0.39, 0.29) is 18.9 Å². The van der Waals surface area contributed by atoms with Gasteiger partial charge in [0.25, 0.3) is 0 Å². The predicted molar refractivity (Wildman–Crippen MR) is 57.4 cm³/mol. The molecule has 0 aromatic heterocycles. The van der Waals surface area contributed by atoms with Crippen LogP contribution in [0.2, 0.25) is 0 Å². The summed E-state index contributed by atoms with van der Waals surface area (Å²) in [5.41, 5.74) is 0. The van der Waals surface area contributed by atoms with Crippen LogP contribution in [0.5, 0.6) is 0 Å². The molecule has 63 valence electrons. The third kappa shape index (κ3) is 4.86. The zero-order chi connectivity index (χ0) is 7.94. The first-order chi connectivity index (χ1) is 5.43. The number of hydrogen-bond donors (Lipinski definition) is 0. The molecular formula is C11H18Li. The van der Waals surface area contributed by atoms with Crippen LogP contribution < -0.4 is 0 Å². The van der Waals surface area contributed by atoms with E-state index < -0.39 is 0 Å². The third-order valence-corrected chi connectivity index (χ3v) is 2.05. The van der Waals surface area contributed by atoms with Gasteiger partial charge in [0.1, 0.15) is 0 Å². The van der Waals surface area contributed by atoms with Gasteiger partial charge in [-0.1, -0.05) is 56.9 Å². The topological polar surface area (TPSA) is 0 Å². The van der Waals surface area contributed by atoms with Crippen molar-refractivity contribution >= 4 is 18.9 Å². The second-order valence-corrected chi connectivity index (χ2v) is 3.10. The molecule has 0 unspecified atom stereocenters. The summed E-state index contributed by atoms with van der Waals surface area (Å²) in [6.45, 7) is 2.25. The van der Waals surface area contributed by atoms with E-state index >= 15 is 0 Å². The van der Waals surface area contributed by atoms with Crippen molar-refractivity contribution in [1.82, 2.24) is 0 Å². The Labute approximate surface area is 88.3 Å². The van der Waals surface area contributed by atoms with E-state index in [1.54, 1.807) is 0 Å². The first-order valence-electron chi connectivity index (χ1n) is 4.64. The molecule has 0 N–H and O–H groups in total. The number of hydrogen-bond acceptors (Lipinski definition) is 0. The molecule has 0 saturated carbocycles. The molecule has 0 aromatic rings. The van der Waals surface area contributed by atoms with Crippen molar-refractivity contribution in [2.45, 2.75) is 39.0 Å². The van der Waals surface area contributed by atoms with Crippen molar-refractivity contribution in [3.8, 4) is 0 Å². The van der Waals surface area contributed by atoms with E-state index in [0.29, 0.717) is 0 Å².